The first kappa shape index (κ1) is 14.3. The van der Waals surface area contributed by atoms with Gasteiger partial charge in [0.25, 0.3) is 0 Å². The zero-order valence-corrected chi connectivity index (χ0v) is 12.0. The van der Waals surface area contributed by atoms with E-state index in [9.17, 15) is 13.6 Å². The van der Waals surface area contributed by atoms with Gasteiger partial charge in [0.1, 0.15) is 11.6 Å². The van der Waals surface area contributed by atoms with Crippen LogP contribution >= 0.6 is 0 Å². The van der Waals surface area contributed by atoms with Crippen molar-refractivity contribution >= 4 is 11.7 Å². The van der Waals surface area contributed by atoms with Gasteiger partial charge in [0.05, 0.1) is 24.8 Å². The van der Waals surface area contributed by atoms with Crippen LogP contribution in [0.25, 0.3) is 0 Å². The highest BCUT2D eigenvalue weighted by atomic mass is 19.1. The van der Waals surface area contributed by atoms with E-state index in [0.717, 1.165) is 25.0 Å². The molecule has 1 aromatic carbocycles. The molecule has 0 aromatic heterocycles. The van der Waals surface area contributed by atoms with Crippen molar-refractivity contribution in [2.75, 3.05) is 12.4 Å². The largest absolute Gasteiger partial charge is 0.335 e. The number of benzene rings is 1. The van der Waals surface area contributed by atoms with E-state index in [1.165, 1.54) is 18.9 Å². The van der Waals surface area contributed by atoms with Gasteiger partial charge >= 0.3 is 6.03 Å². The van der Waals surface area contributed by atoms with Crippen LogP contribution in [0.2, 0.25) is 0 Å². The van der Waals surface area contributed by atoms with Crippen LogP contribution in [0.1, 0.15) is 25.7 Å². The Hall–Kier alpha value is -1.69. The van der Waals surface area contributed by atoms with Crippen LogP contribution in [0.3, 0.4) is 0 Å². The fraction of sp³-hybridized carbons (Fsp3) is 0.533. The standard InChI is InChI=1S/C15H19F2N3O/c1-20-11-3-4-12(20)8-10(7-11)18-15(21)19-14-5-2-9(16)6-13(14)17/h2,5-6,10-12H,3-4,7-8H2,1H3,(H2,18,19,21)/p+1/t10?,11-,12+. The van der Waals surface area contributed by atoms with E-state index in [1.807, 2.05) is 0 Å². The van der Waals surface area contributed by atoms with Crippen molar-refractivity contribution in [1.29, 1.82) is 0 Å². The molecule has 3 N–H and O–H groups in total. The minimum Gasteiger partial charge on any atom is -0.335 e. The van der Waals surface area contributed by atoms with Crippen LogP contribution < -0.4 is 15.5 Å². The molecular formula is C15H20F2N3O+. The minimum atomic E-state index is -0.766. The van der Waals surface area contributed by atoms with Gasteiger partial charge in [-0.3, -0.25) is 0 Å². The summed E-state index contributed by atoms with van der Waals surface area (Å²) in [6.07, 6.45) is 4.34. The Morgan fingerprint density at radius 3 is 2.52 bits per heavy atom. The monoisotopic (exact) mass is 296 g/mol. The number of nitrogens with one attached hydrogen (secondary N) is 3. The summed E-state index contributed by atoms with van der Waals surface area (Å²) in [6.45, 7) is 0. The lowest BCUT2D eigenvalue weighted by atomic mass is 9.98. The summed E-state index contributed by atoms with van der Waals surface area (Å²) < 4.78 is 26.3. The van der Waals surface area contributed by atoms with Gasteiger partial charge in [-0.15, -0.1) is 0 Å². The predicted octanol–water partition coefficient (Wildman–Crippen LogP) is 1.29. The molecule has 2 aliphatic rings. The van der Waals surface area contributed by atoms with Gasteiger partial charge in [0.2, 0.25) is 0 Å². The molecular weight excluding hydrogens is 276 g/mol. The van der Waals surface area contributed by atoms with Crippen molar-refractivity contribution in [3.8, 4) is 0 Å². The third-order valence-corrected chi connectivity index (χ3v) is 4.80. The van der Waals surface area contributed by atoms with E-state index in [1.54, 1.807) is 4.90 Å². The highest BCUT2D eigenvalue weighted by molar-refractivity contribution is 5.89. The van der Waals surface area contributed by atoms with Crippen LogP contribution in [-0.4, -0.2) is 31.2 Å². The van der Waals surface area contributed by atoms with Crippen LogP contribution in [0.5, 0.6) is 0 Å². The Morgan fingerprint density at radius 2 is 1.90 bits per heavy atom. The van der Waals surface area contributed by atoms with Gasteiger partial charge in [-0.25, -0.2) is 13.6 Å². The molecule has 21 heavy (non-hydrogen) atoms. The van der Waals surface area contributed by atoms with Crippen molar-refractivity contribution in [2.45, 2.75) is 43.8 Å². The molecule has 1 aromatic rings. The average Bonchev–Trinajstić information content (AvgIpc) is 2.64. The second-order valence-electron chi connectivity index (χ2n) is 6.11. The second kappa shape index (κ2) is 5.60. The number of carbonyl (C=O) groups is 1. The van der Waals surface area contributed by atoms with E-state index >= 15 is 0 Å². The van der Waals surface area contributed by atoms with Crippen LogP contribution in [0.4, 0.5) is 19.3 Å². The number of piperidine rings is 1. The number of anilines is 1. The molecule has 0 spiro atoms. The summed E-state index contributed by atoms with van der Waals surface area (Å²) >= 11 is 0. The number of halogens is 2. The second-order valence-corrected chi connectivity index (χ2v) is 6.11. The molecule has 6 heteroatoms. The maximum absolute atomic E-state index is 13.5. The van der Waals surface area contributed by atoms with Crippen molar-refractivity contribution < 1.29 is 18.5 Å². The van der Waals surface area contributed by atoms with E-state index in [4.69, 9.17) is 0 Å². The SMILES string of the molecule is C[NH+]1[C@@H]2CC[C@H]1CC(NC(=O)Nc1ccc(F)cc1F)C2. The zero-order valence-electron chi connectivity index (χ0n) is 12.0. The fourth-order valence-electron chi connectivity index (χ4n) is 3.63. The number of hydrogen-bond acceptors (Lipinski definition) is 1. The van der Waals surface area contributed by atoms with Crippen LogP contribution in [0.15, 0.2) is 18.2 Å². The summed E-state index contributed by atoms with van der Waals surface area (Å²) in [5.41, 5.74) is -0.00424. The zero-order chi connectivity index (χ0) is 15.0. The Kier molecular flexibility index (Phi) is 3.80. The normalized spacial score (nSPS) is 31.0. The minimum absolute atomic E-state index is 0.00424. The Balaban J connectivity index is 1.57. The van der Waals surface area contributed by atoms with E-state index < -0.39 is 17.7 Å². The first-order valence-corrected chi connectivity index (χ1v) is 7.39. The third-order valence-electron chi connectivity index (χ3n) is 4.80. The number of amides is 2. The maximum Gasteiger partial charge on any atom is 0.319 e. The summed E-state index contributed by atoms with van der Waals surface area (Å²) in [5.74, 6) is -1.42. The maximum atomic E-state index is 13.5. The highest BCUT2D eigenvalue weighted by Crippen LogP contribution is 2.22. The lowest BCUT2D eigenvalue weighted by molar-refractivity contribution is -0.922. The number of rotatable bonds is 2. The van der Waals surface area contributed by atoms with Crippen LogP contribution in [0, 0.1) is 11.6 Å². The highest BCUT2D eigenvalue weighted by Gasteiger charge is 2.42. The molecule has 0 saturated carbocycles. The summed E-state index contributed by atoms with van der Waals surface area (Å²) in [6, 6.07) is 4.03. The average molecular weight is 296 g/mol. The lowest BCUT2D eigenvalue weighted by Gasteiger charge is -2.33. The molecule has 4 atom stereocenters. The van der Waals surface area contributed by atoms with Crippen molar-refractivity contribution in [1.82, 2.24) is 5.32 Å². The molecule has 2 heterocycles. The molecule has 2 amide bonds. The topological polar surface area (TPSA) is 45.6 Å². The van der Waals surface area contributed by atoms with Crippen molar-refractivity contribution in [3.05, 3.63) is 29.8 Å². The van der Waals surface area contributed by atoms with Gasteiger partial charge in [0.15, 0.2) is 0 Å². The molecule has 0 aliphatic carbocycles. The Labute approximate surface area is 122 Å². The smallest absolute Gasteiger partial charge is 0.319 e. The molecule has 4 nitrogen and oxygen atoms in total. The number of hydrogen-bond donors (Lipinski definition) is 3. The fourth-order valence-corrected chi connectivity index (χ4v) is 3.63. The molecule has 3 rings (SSSR count). The summed E-state index contributed by atoms with van der Waals surface area (Å²) in [5, 5.41) is 5.35. The first-order chi connectivity index (χ1) is 10.0. The van der Waals surface area contributed by atoms with Crippen LogP contribution in [-0.2, 0) is 0 Å². The van der Waals surface area contributed by atoms with Gasteiger partial charge in [0, 0.05) is 37.8 Å². The molecule has 2 bridgehead atoms. The van der Waals surface area contributed by atoms with Gasteiger partial charge in [-0.2, -0.15) is 0 Å². The Bertz CT molecular complexity index is 538. The number of quaternary nitrogens is 1. The third kappa shape index (κ3) is 3.00. The van der Waals surface area contributed by atoms with E-state index in [0.29, 0.717) is 12.1 Å². The van der Waals surface area contributed by atoms with Crippen molar-refractivity contribution in [3.63, 3.8) is 0 Å². The first-order valence-electron chi connectivity index (χ1n) is 7.39. The van der Waals surface area contributed by atoms with Gasteiger partial charge in [-0.1, -0.05) is 0 Å². The molecule has 2 unspecified atom stereocenters. The number of urea groups is 1. The molecule has 2 fully saturated rings. The number of carbonyl (C=O) groups excluding carboxylic acids is 1. The van der Waals surface area contributed by atoms with Crippen molar-refractivity contribution in [2.24, 2.45) is 0 Å². The predicted molar refractivity (Wildman–Crippen MR) is 75.2 cm³/mol. The summed E-state index contributed by atoms with van der Waals surface area (Å²) in [4.78, 5) is 13.5. The van der Waals surface area contributed by atoms with E-state index in [2.05, 4.69) is 17.7 Å². The van der Waals surface area contributed by atoms with E-state index in [-0.39, 0.29) is 11.7 Å². The number of fused-ring (bicyclic) bond motifs is 2. The quantitative estimate of drug-likeness (QED) is 0.757. The molecule has 0 radical (unpaired) electrons. The molecule has 114 valence electrons. The molecule has 2 saturated heterocycles. The van der Waals surface area contributed by atoms with Gasteiger partial charge in [-0.05, 0) is 12.1 Å². The molecule has 2 aliphatic heterocycles. The Morgan fingerprint density at radius 1 is 1.24 bits per heavy atom. The summed E-state index contributed by atoms with van der Waals surface area (Å²) in [7, 11) is 2.21. The van der Waals surface area contributed by atoms with Gasteiger partial charge < -0.3 is 15.5 Å². The lowest BCUT2D eigenvalue weighted by Crippen LogP contribution is -3.15.